The quantitative estimate of drug-likeness (QED) is 0.528. The van der Waals surface area contributed by atoms with Crippen LogP contribution in [0.15, 0.2) is 29.4 Å². The summed E-state index contributed by atoms with van der Waals surface area (Å²) >= 11 is 7.15. The molecule has 2 rings (SSSR count). The van der Waals surface area contributed by atoms with Gasteiger partial charge in [-0.25, -0.2) is 18.7 Å². The molecule has 2 aromatic rings. The maximum atomic E-state index is 13.0. The molecule has 1 heterocycles. The SMILES string of the molecule is CSc1nc(Cl)cc(Nc2ccc(F)c(F)c2)n1. The van der Waals surface area contributed by atoms with Crippen molar-refractivity contribution in [3.05, 3.63) is 41.1 Å². The van der Waals surface area contributed by atoms with Gasteiger partial charge in [-0.3, -0.25) is 0 Å². The van der Waals surface area contributed by atoms with Gasteiger partial charge in [-0.15, -0.1) is 0 Å². The Kier molecular flexibility index (Phi) is 3.98. The molecule has 0 aliphatic carbocycles. The van der Waals surface area contributed by atoms with Crippen LogP contribution in [-0.2, 0) is 0 Å². The molecular weight excluding hydrogens is 280 g/mol. The molecule has 0 fully saturated rings. The van der Waals surface area contributed by atoms with Crippen LogP contribution < -0.4 is 5.32 Å². The molecule has 1 aromatic heterocycles. The Balaban J connectivity index is 2.27. The fraction of sp³-hybridized carbons (Fsp3) is 0.0909. The zero-order chi connectivity index (χ0) is 13.1. The summed E-state index contributed by atoms with van der Waals surface area (Å²) < 4.78 is 25.8. The van der Waals surface area contributed by atoms with Crippen LogP contribution in [0.25, 0.3) is 0 Å². The molecule has 0 atom stereocenters. The van der Waals surface area contributed by atoms with E-state index >= 15 is 0 Å². The Morgan fingerprint density at radius 3 is 2.61 bits per heavy atom. The standard InChI is InChI=1S/C11H8ClF2N3S/c1-18-11-16-9(12)5-10(17-11)15-6-2-3-7(13)8(14)4-6/h2-5H,1H3,(H,15,16,17). The molecule has 0 aliphatic heterocycles. The molecule has 0 unspecified atom stereocenters. The van der Waals surface area contributed by atoms with E-state index in [1.165, 1.54) is 23.9 Å². The van der Waals surface area contributed by atoms with Gasteiger partial charge in [0.25, 0.3) is 0 Å². The topological polar surface area (TPSA) is 37.8 Å². The highest BCUT2D eigenvalue weighted by molar-refractivity contribution is 7.98. The molecule has 0 saturated carbocycles. The molecular formula is C11H8ClF2N3S. The van der Waals surface area contributed by atoms with E-state index in [0.29, 0.717) is 16.7 Å². The Hall–Kier alpha value is -1.40. The van der Waals surface area contributed by atoms with Crippen molar-refractivity contribution in [1.29, 1.82) is 0 Å². The zero-order valence-corrected chi connectivity index (χ0v) is 10.8. The normalized spacial score (nSPS) is 10.4. The molecule has 94 valence electrons. The second kappa shape index (κ2) is 5.49. The summed E-state index contributed by atoms with van der Waals surface area (Å²) in [5.41, 5.74) is 0.385. The number of thioether (sulfide) groups is 1. The smallest absolute Gasteiger partial charge is 0.190 e. The maximum Gasteiger partial charge on any atom is 0.190 e. The average molecular weight is 288 g/mol. The molecule has 18 heavy (non-hydrogen) atoms. The number of aromatic nitrogens is 2. The van der Waals surface area contributed by atoms with Gasteiger partial charge in [-0.2, -0.15) is 0 Å². The van der Waals surface area contributed by atoms with E-state index in [9.17, 15) is 8.78 Å². The predicted octanol–water partition coefficient (Wildman–Crippen LogP) is 3.87. The van der Waals surface area contributed by atoms with Crippen molar-refractivity contribution in [2.24, 2.45) is 0 Å². The number of halogens is 3. The molecule has 0 bridgehead atoms. The van der Waals surface area contributed by atoms with Crippen molar-refractivity contribution < 1.29 is 8.78 Å². The average Bonchev–Trinajstić information content (AvgIpc) is 2.33. The number of rotatable bonds is 3. The van der Waals surface area contributed by atoms with Gasteiger partial charge in [-0.05, 0) is 18.4 Å². The summed E-state index contributed by atoms with van der Waals surface area (Å²) in [4.78, 5) is 8.11. The summed E-state index contributed by atoms with van der Waals surface area (Å²) in [7, 11) is 0. The zero-order valence-electron chi connectivity index (χ0n) is 9.25. The monoisotopic (exact) mass is 287 g/mol. The van der Waals surface area contributed by atoms with Crippen molar-refractivity contribution in [3.63, 3.8) is 0 Å². The highest BCUT2D eigenvalue weighted by Gasteiger charge is 2.05. The Morgan fingerprint density at radius 2 is 1.94 bits per heavy atom. The Labute approximate surface area is 112 Å². The fourth-order valence-corrected chi connectivity index (χ4v) is 1.89. The van der Waals surface area contributed by atoms with Crippen LogP contribution in [0, 0.1) is 11.6 Å². The largest absolute Gasteiger partial charge is 0.340 e. The first kappa shape index (κ1) is 13.0. The molecule has 7 heteroatoms. The highest BCUT2D eigenvalue weighted by Crippen LogP contribution is 2.21. The number of hydrogen-bond acceptors (Lipinski definition) is 4. The van der Waals surface area contributed by atoms with Gasteiger partial charge >= 0.3 is 0 Å². The van der Waals surface area contributed by atoms with Crippen molar-refractivity contribution in [3.8, 4) is 0 Å². The highest BCUT2D eigenvalue weighted by atomic mass is 35.5. The van der Waals surface area contributed by atoms with Gasteiger partial charge in [-0.1, -0.05) is 23.4 Å². The van der Waals surface area contributed by atoms with E-state index < -0.39 is 11.6 Å². The third-order valence-corrected chi connectivity index (χ3v) is 2.79. The molecule has 3 nitrogen and oxygen atoms in total. The summed E-state index contributed by atoms with van der Waals surface area (Å²) in [5.74, 6) is -1.40. The molecule has 0 radical (unpaired) electrons. The minimum absolute atomic E-state index is 0.277. The van der Waals surface area contributed by atoms with Crippen molar-refractivity contribution in [2.75, 3.05) is 11.6 Å². The van der Waals surface area contributed by atoms with Crippen molar-refractivity contribution in [2.45, 2.75) is 5.16 Å². The number of anilines is 2. The first-order valence-corrected chi connectivity index (χ1v) is 6.49. The van der Waals surface area contributed by atoms with Crippen LogP contribution >= 0.6 is 23.4 Å². The number of nitrogens with one attached hydrogen (secondary N) is 1. The van der Waals surface area contributed by atoms with Crippen LogP contribution in [0.5, 0.6) is 0 Å². The van der Waals surface area contributed by atoms with E-state index in [2.05, 4.69) is 15.3 Å². The van der Waals surface area contributed by atoms with Gasteiger partial charge < -0.3 is 5.32 Å². The minimum Gasteiger partial charge on any atom is -0.340 e. The fourth-order valence-electron chi connectivity index (χ4n) is 1.27. The summed E-state index contributed by atoms with van der Waals surface area (Å²) in [6.45, 7) is 0. The predicted molar refractivity (Wildman–Crippen MR) is 68.5 cm³/mol. The van der Waals surface area contributed by atoms with Gasteiger partial charge in [0.05, 0.1) is 0 Å². The first-order valence-electron chi connectivity index (χ1n) is 4.89. The lowest BCUT2D eigenvalue weighted by molar-refractivity contribution is 0.509. The van der Waals surface area contributed by atoms with Crippen molar-refractivity contribution >= 4 is 34.9 Å². The van der Waals surface area contributed by atoms with Crippen molar-refractivity contribution in [1.82, 2.24) is 9.97 Å². The van der Waals surface area contributed by atoms with E-state index in [-0.39, 0.29) is 5.15 Å². The van der Waals surface area contributed by atoms with Crippen LogP contribution in [0.4, 0.5) is 20.3 Å². The van der Waals surface area contributed by atoms with Gasteiger partial charge in [0.2, 0.25) is 0 Å². The van der Waals surface area contributed by atoms with E-state index in [1.54, 1.807) is 0 Å². The third kappa shape index (κ3) is 3.08. The summed E-state index contributed by atoms with van der Waals surface area (Å²) in [5, 5.41) is 3.60. The van der Waals surface area contributed by atoms with Crippen LogP contribution in [0.2, 0.25) is 5.15 Å². The molecule has 0 saturated heterocycles. The van der Waals surface area contributed by atoms with E-state index in [1.807, 2.05) is 6.26 Å². The van der Waals surface area contributed by atoms with Gasteiger partial charge in [0.1, 0.15) is 11.0 Å². The lowest BCUT2D eigenvalue weighted by Gasteiger charge is -2.07. The number of nitrogens with zero attached hydrogens (tertiary/aromatic N) is 2. The summed E-state index contributed by atoms with van der Waals surface area (Å²) in [6.07, 6.45) is 1.81. The lowest BCUT2D eigenvalue weighted by atomic mass is 10.3. The van der Waals surface area contributed by atoms with E-state index in [4.69, 9.17) is 11.6 Å². The number of hydrogen-bond donors (Lipinski definition) is 1. The molecule has 1 N–H and O–H groups in total. The Morgan fingerprint density at radius 1 is 1.17 bits per heavy atom. The van der Waals surface area contributed by atoms with E-state index in [0.717, 1.165) is 12.1 Å². The minimum atomic E-state index is -0.926. The van der Waals surface area contributed by atoms with Gasteiger partial charge in [0.15, 0.2) is 16.8 Å². The van der Waals surface area contributed by atoms with Crippen LogP contribution in [-0.4, -0.2) is 16.2 Å². The second-order valence-corrected chi connectivity index (χ2v) is 4.48. The lowest BCUT2D eigenvalue weighted by Crippen LogP contribution is -1.97. The maximum absolute atomic E-state index is 13.0. The Bertz CT molecular complexity index is 580. The molecule has 0 amide bonds. The number of benzene rings is 1. The summed E-state index contributed by atoms with van der Waals surface area (Å²) in [6, 6.07) is 5.00. The second-order valence-electron chi connectivity index (χ2n) is 3.32. The third-order valence-electron chi connectivity index (χ3n) is 2.05. The van der Waals surface area contributed by atoms with Crippen LogP contribution in [0.1, 0.15) is 0 Å². The van der Waals surface area contributed by atoms with Gasteiger partial charge in [0, 0.05) is 17.8 Å². The van der Waals surface area contributed by atoms with Crippen LogP contribution in [0.3, 0.4) is 0 Å². The molecule has 1 aromatic carbocycles. The first-order chi connectivity index (χ1) is 8.58. The molecule has 0 spiro atoms. The molecule has 0 aliphatic rings.